The van der Waals surface area contributed by atoms with Crippen molar-refractivity contribution in [1.82, 2.24) is 14.6 Å². The molecule has 0 spiro atoms. The van der Waals surface area contributed by atoms with Gasteiger partial charge in [0.1, 0.15) is 4.21 Å². The maximum absolute atomic E-state index is 12.9. The topological polar surface area (TPSA) is 128 Å². The number of sulfonamides is 2. The lowest BCUT2D eigenvalue weighted by atomic mass is 10.1. The molecule has 0 radical (unpaired) electrons. The van der Waals surface area contributed by atoms with E-state index in [1.807, 2.05) is 7.05 Å². The van der Waals surface area contributed by atoms with Gasteiger partial charge in [0.2, 0.25) is 10.0 Å². The van der Waals surface area contributed by atoms with Crippen LogP contribution in [0.3, 0.4) is 0 Å². The van der Waals surface area contributed by atoms with Gasteiger partial charge >= 0.3 is 0 Å². The Morgan fingerprint density at radius 1 is 0.919 bits per heavy atom. The van der Waals surface area contributed by atoms with Gasteiger partial charge in [-0.25, -0.2) is 22.3 Å². The Morgan fingerprint density at radius 2 is 1.59 bits per heavy atom. The number of thiophene rings is 1. The van der Waals surface area contributed by atoms with Crippen LogP contribution in [0.4, 0.5) is 5.69 Å². The minimum absolute atomic E-state index is 0.104. The first-order chi connectivity index (χ1) is 17.6. The van der Waals surface area contributed by atoms with Crippen LogP contribution in [0.15, 0.2) is 80.2 Å². The van der Waals surface area contributed by atoms with Crippen LogP contribution in [-0.2, 0) is 20.0 Å². The van der Waals surface area contributed by atoms with E-state index in [1.165, 1.54) is 34.6 Å². The molecule has 37 heavy (non-hydrogen) atoms. The number of nitrogens with one attached hydrogen (secondary N) is 2. The first-order valence-electron chi connectivity index (χ1n) is 11.4. The van der Waals surface area contributed by atoms with Crippen LogP contribution in [0.1, 0.15) is 22.8 Å². The molecule has 10 nitrogen and oxygen atoms in total. The molecule has 2 heterocycles. The minimum Gasteiger partial charge on any atom is -0.304 e. The van der Waals surface area contributed by atoms with Gasteiger partial charge in [0.15, 0.2) is 0 Å². The van der Waals surface area contributed by atoms with Crippen LogP contribution in [0.2, 0.25) is 0 Å². The fourth-order valence-electron chi connectivity index (χ4n) is 3.69. The number of piperazine rings is 1. The third-order valence-electron chi connectivity index (χ3n) is 5.87. The largest absolute Gasteiger partial charge is 0.304 e. The summed E-state index contributed by atoms with van der Waals surface area (Å²) >= 11 is 1.07. The maximum Gasteiger partial charge on any atom is 0.273 e. The smallest absolute Gasteiger partial charge is 0.273 e. The second-order valence-electron chi connectivity index (χ2n) is 8.45. The molecule has 13 heteroatoms. The first-order valence-corrected chi connectivity index (χ1v) is 15.2. The Morgan fingerprint density at radius 3 is 2.24 bits per heavy atom. The standard InChI is InChI=1S/C24H27N5O5S3/c1-18(19-9-11-20(12-10-19)37(33,34)29-15-13-28(2)14-16-29)25-26-24(30)21-6-3-4-7-22(21)27-36(31,32)23-8-5-17-35-23/h3-12,17,27H,13-16H2,1-2H3,(H,26,30). The molecule has 1 fully saturated rings. The molecule has 1 aliphatic heterocycles. The van der Waals surface area contributed by atoms with Crippen LogP contribution in [-0.4, -0.2) is 70.9 Å². The predicted octanol–water partition coefficient (Wildman–Crippen LogP) is 2.64. The third-order valence-corrected chi connectivity index (χ3v) is 10.5. The molecule has 0 atom stereocenters. The monoisotopic (exact) mass is 561 g/mol. The van der Waals surface area contributed by atoms with Gasteiger partial charge < -0.3 is 4.90 Å². The van der Waals surface area contributed by atoms with Gasteiger partial charge in [-0.15, -0.1) is 11.3 Å². The summed E-state index contributed by atoms with van der Waals surface area (Å²) < 4.78 is 55.1. The molecule has 2 aromatic carbocycles. The van der Waals surface area contributed by atoms with Crippen molar-refractivity contribution in [3.05, 3.63) is 77.2 Å². The van der Waals surface area contributed by atoms with E-state index in [4.69, 9.17) is 0 Å². The second kappa shape index (κ2) is 11.1. The molecule has 1 amide bonds. The van der Waals surface area contributed by atoms with E-state index in [0.717, 1.165) is 11.3 Å². The highest BCUT2D eigenvalue weighted by Gasteiger charge is 2.27. The number of hydrogen-bond acceptors (Lipinski definition) is 8. The average molecular weight is 562 g/mol. The van der Waals surface area contributed by atoms with Crippen molar-refractivity contribution in [2.75, 3.05) is 37.9 Å². The molecule has 0 bridgehead atoms. The van der Waals surface area contributed by atoms with Crippen molar-refractivity contribution in [3.8, 4) is 0 Å². The number of rotatable bonds is 8. The van der Waals surface area contributed by atoms with Crippen LogP contribution in [0.25, 0.3) is 0 Å². The fraction of sp³-hybridized carbons (Fsp3) is 0.250. The number of hydrogen-bond donors (Lipinski definition) is 2. The van der Waals surface area contributed by atoms with Gasteiger partial charge in [-0.3, -0.25) is 9.52 Å². The lowest BCUT2D eigenvalue weighted by molar-refractivity contribution is 0.0955. The summed E-state index contributed by atoms with van der Waals surface area (Å²) in [5.74, 6) is -0.599. The van der Waals surface area contributed by atoms with Gasteiger partial charge in [-0.05, 0) is 55.2 Å². The molecule has 4 rings (SSSR count). The summed E-state index contributed by atoms with van der Waals surface area (Å²) in [5.41, 5.74) is 3.76. The Hall–Kier alpha value is -3.10. The maximum atomic E-state index is 12.9. The zero-order valence-corrected chi connectivity index (χ0v) is 22.7. The number of benzene rings is 2. The highest BCUT2D eigenvalue weighted by Crippen LogP contribution is 2.23. The van der Waals surface area contributed by atoms with Gasteiger partial charge in [0, 0.05) is 26.2 Å². The van der Waals surface area contributed by atoms with E-state index < -0.39 is 26.0 Å². The lowest BCUT2D eigenvalue weighted by Gasteiger charge is -2.31. The van der Waals surface area contributed by atoms with Crippen molar-refractivity contribution >= 4 is 48.7 Å². The molecule has 0 aliphatic carbocycles. The first kappa shape index (κ1) is 26.9. The summed E-state index contributed by atoms with van der Waals surface area (Å²) in [4.78, 5) is 15.1. The predicted molar refractivity (Wildman–Crippen MR) is 144 cm³/mol. The molecule has 196 valence electrons. The summed E-state index contributed by atoms with van der Waals surface area (Å²) in [6.45, 7) is 3.93. The number of carbonyl (C=O) groups is 1. The molecule has 1 aromatic heterocycles. The van der Waals surface area contributed by atoms with Crippen molar-refractivity contribution < 1.29 is 21.6 Å². The Balaban J connectivity index is 1.45. The van der Waals surface area contributed by atoms with Crippen molar-refractivity contribution in [3.63, 3.8) is 0 Å². The summed E-state index contributed by atoms with van der Waals surface area (Å²) in [5, 5.41) is 5.78. The van der Waals surface area contributed by atoms with Gasteiger partial charge in [0.05, 0.1) is 21.9 Å². The van der Waals surface area contributed by atoms with E-state index in [1.54, 1.807) is 42.6 Å². The molecular weight excluding hydrogens is 534 g/mol. The van der Waals surface area contributed by atoms with E-state index in [-0.39, 0.29) is 20.4 Å². The fourth-order valence-corrected chi connectivity index (χ4v) is 7.18. The average Bonchev–Trinajstić information content (AvgIpc) is 3.44. The van der Waals surface area contributed by atoms with Gasteiger partial charge in [0.25, 0.3) is 15.9 Å². The Kier molecular flexibility index (Phi) is 8.09. The van der Waals surface area contributed by atoms with Crippen LogP contribution >= 0.6 is 11.3 Å². The van der Waals surface area contributed by atoms with Crippen LogP contribution in [0, 0.1) is 0 Å². The SMILES string of the molecule is CC(=NNC(=O)c1ccccc1NS(=O)(=O)c1cccs1)c1ccc(S(=O)(=O)N2CCN(C)CC2)cc1. The lowest BCUT2D eigenvalue weighted by Crippen LogP contribution is -2.46. The second-order valence-corrected chi connectivity index (χ2v) is 13.2. The quantitative estimate of drug-likeness (QED) is 0.322. The minimum atomic E-state index is -3.83. The molecule has 0 unspecified atom stereocenters. The molecule has 2 N–H and O–H groups in total. The van der Waals surface area contributed by atoms with Crippen molar-refractivity contribution in [2.24, 2.45) is 5.10 Å². The van der Waals surface area contributed by atoms with Crippen LogP contribution in [0.5, 0.6) is 0 Å². The highest BCUT2D eigenvalue weighted by molar-refractivity contribution is 7.94. The van der Waals surface area contributed by atoms with Crippen LogP contribution < -0.4 is 10.1 Å². The number of carbonyl (C=O) groups excluding carboxylic acids is 1. The number of likely N-dealkylation sites (N-methyl/N-ethyl adjacent to an activating group) is 1. The normalized spacial score (nSPS) is 15.9. The summed E-state index contributed by atoms with van der Waals surface area (Å²) in [7, 11) is -5.45. The van der Waals surface area contributed by atoms with Crippen molar-refractivity contribution in [2.45, 2.75) is 16.0 Å². The van der Waals surface area contributed by atoms with Crippen molar-refractivity contribution in [1.29, 1.82) is 0 Å². The summed E-state index contributed by atoms with van der Waals surface area (Å²) in [6.07, 6.45) is 0. The highest BCUT2D eigenvalue weighted by atomic mass is 32.2. The molecule has 0 saturated carbocycles. The van der Waals surface area contributed by atoms with E-state index >= 15 is 0 Å². The van der Waals surface area contributed by atoms with E-state index in [9.17, 15) is 21.6 Å². The number of anilines is 1. The van der Waals surface area contributed by atoms with E-state index in [2.05, 4.69) is 20.1 Å². The zero-order valence-electron chi connectivity index (χ0n) is 20.3. The molecule has 1 saturated heterocycles. The molecule has 3 aromatic rings. The third kappa shape index (κ3) is 6.25. The zero-order chi connectivity index (χ0) is 26.6. The summed E-state index contributed by atoms with van der Waals surface area (Å²) in [6, 6.07) is 15.7. The van der Waals surface area contributed by atoms with E-state index in [0.29, 0.717) is 37.5 Å². The number of para-hydroxylation sites is 1. The Labute approximate surface area is 220 Å². The molecular formula is C24H27N5O5S3. The number of amides is 1. The van der Waals surface area contributed by atoms with Gasteiger partial charge in [-0.1, -0.05) is 30.3 Å². The number of nitrogens with zero attached hydrogens (tertiary/aromatic N) is 3. The number of hydrazone groups is 1. The molecule has 1 aliphatic rings. The van der Waals surface area contributed by atoms with Gasteiger partial charge in [-0.2, -0.15) is 9.41 Å². The Bertz CT molecular complexity index is 1490.